The number of hydrazone groups is 1. The molecule has 7 nitrogen and oxygen atoms in total. The third-order valence-electron chi connectivity index (χ3n) is 4.55. The average Bonchev–Trinajstić information content (AvgIpc) is 3.20. The van der Waals surface area contributed by atoms with Gasteiger partial charge in [0.25, 0.3) is 5.91 Å². The highest BCUT2D eigenvalue weighted by molar-refractivity contribution is 9.10. The first kappa shape index (κ1) is 17.4. The number of amides is 2. The molecule has 0 N–H and O–H groups in total. The van der Waals surface area contributed by atoms with Crippen molar-refractivity contribution in [3.8, 4) is 0 Å². The van der Waals surface area contributed by atoms with Gasteiger partial charge in [-0.3, -0.25) is 14.6 Å². The number of carbonyl (C=O) groups is 3. The molecule has 4 rings (SSSR count). The highest BCUT2D eigenvalue weighted by atomic mass is 79.9. The fourth-order valence-electron chi connectivity index (χ4n) is 3.33. The zero-order chi connectivity index (χ0) is 19.1. The van der Waals surface area contributed by atoms with E-state index in [1.807, 2.05) is 6.07 Å². The molecule has 2 heterocycles. The highest BCUT2D eigenvalue weighted by Crippen LogP contribution is 2.38. The van der Waals surface area contributed by atoms with Crippen molar-refractivity contribution < 1.29 is 19.1 Å². The largest absolute Gasteiger partial charge is 0.464 e. The van der Waals surface area contributed by atoms with E-state index in [9.17, 15) is 14.4 Å². The SMILES string of the molecule is COC(=O)C1=NN(c2ccccc2)[C@H]2C(=O)N(c3ccc(Br)cc3)C(=O)[C@H]12. The number of rotatable bonds is 3. The van der Waals surface area contributed by atoms with E-state index in [2.05, 4.69) is 21.0 Å². The van der Waals surface area contributed by atoms with E-state index in [4.69, 9.17) is 4.74 Å². The van der Waals surface area contributed by atoms with Gasteiger partial charge in [0.2, 0.25) is 5.91 Å². The lowest BCUT2D eigenvalue weighted by atomic mass is 9.98. The van der Waals surface area contributed by atoms with Crippen LogP contribution in [0.5, 0.6) is 0 Å². The summed E-state index contributed by atoms with van der Waals surface area (Å²) in [7, 11) is 1.22. The average molecular weight is 428 g/mol. The van der Waals surface area contributed by atoms with Gasteiger partial charge in [0.05, 0.1) is 18.5 Å². The number of benzene rings is 2. The van der Waals surface area contributed by atoms with Crippen LogP contribution in [0.4, 0.5) is 11.4 Å². The van der Waals surface area contributed by atoms with Crippen molar-refractivity contribution in [2.75, 3.05) is 17.0 Å². The molecule has 27 heavy (non-hydrogen) atoms. The van der Waals surface area contributed by atoms with E-state index >= 15 is 0 Å². The molecule has 2 aromatic rings. The fraction of sp³-hybridized carbons (Fsp3) is 0.158. The normalized spacial score (nSPS) is 21.3. The summed E-state index contributed by atoms with van der Waals surface area (Å²) < 4.78 is 5.61. The van der Waals surface area contributed by atoms with Crippen molar-refractivity contribution in [1.82, 2.24) is 0 Å². The molecule has 0 aromatic heterocycles. The van der Waals surface area contributed by atoms with Crippen LogP contribution in [0, 0.1) is 5.92 Å². The first-order valence-electron chi connectivity index (χ1n) is 8.17. The molecule has 0 spiro atoms. The third kappa shape index (κ3) is 2.73. The summed E-state index contributed by atoms with van der Waals surface area (Å²) in [4.78, 5) is 39.5. The maximum atomic E-state index is 13.1. The molecule has 1 fully saturated rings. The van der Waals surface area contributed by atoms with Crippen LogP contribution in [-0.2, 0) is 19.1 Å². The van der Waals surface area contributed by atoms with E-state index in [-0.39, 0.29) is 5.71 Å². The van der Waals surface area contributed by atoms with Gasteiger partial charge in [0.15, 0.2) is 5.71 Å². The molecule has 2 aliphatic rings. The summed E-state index contributed by atoms with van der Waals surface area (Å²) in [6.45, 7) is 0. The van der Waals surface area contributed by atoms with E-state index in [0.717, 1.165) is 9.37 Å². The number of methoxy groups -OCH3 is 1. The quantitative estimate of drug-likeness (QED) is 0.554. The molecule has 0 unspecified atom stereocenters. The maximum Gasteiger partial charge on any atom is 0.355 e. The highest BCUT2D eigenvalue weighted by Gasteiger charge is 2.59. The smallest absolute Gasteiger partial charge is 0.355 e. The van der Waals surface area contributed by atoms with Gasteiger partial charge in [0.1, 0.15) is 12.0 Å². The Hall–Kier alpha value is -3.00. The Morgan fingerprint density at radius 1 is 1.00 bits per heavy atom. The molecule has 2 aromatic carbocycles. The minimum absolute atomic E-state index is 0.0654. The molecule has 0 bridgehead atoms. The predicted octanol–water partition coefficient (Wildman–Crippen LogP) is 2.36. The van der Waals surface area contributed by atoms with Crippen LogP contribution in [0.15, 0.2) is 64.2 Å². The molecular weight excluding hydrogens is 414 g/mol. The number of carbonyl (C=O) groups excluding carboxylic acids is 3. The van der Waals surface area contributed by atoms with Crippen molar-refractivity contribution in [3.05, 3.63) is 59.1 Å². The van der Waals surface area contributed by atoms with E-state index in [0.29, 0.717) is 11.4 Å². The Labute approximate surface area is 163 Å². The van der Waals surface area contributed by atoms with Gasteiger partial charge in [-0.15, -0.1) is 0 Å². The van der Waals surface area contributed by atoms with Crippen molar-refractivity contribution in [3.63, 3.8) is 0 Å². The number of hydrogen-bond donors (Lipinski definition) is 0. The molecule has 2 aliphatic heterocycles. The first-order valence-corrected chi connectivity index (χ1v) is 8.96. The number of para-hydroxylation sites is 1. The van der Waals surface area contributed by atoms with Crippen LogP contribution in [0.1, 0.15) is 0 Å². The molecule has 1 saturated heterocycles. The van der Waals surface area contributed by atoms with Gasteiger partial charge in [-0.2, -0.15) is 5.10 Å². The van der Waals surface area contributed by atoms with Gasteiger partial charge in [-0.1, -0.05) is 34.1 Å². The summed E-state index contributed by atoms with van der Waals surface area (Å²) in [5.41, 5.74) is 0.995. The molecule has 0 saturated carbocycles. The number of halogens is 1. The fourth-order valence-corrected chi connectivity index (χ4v) is 3.59. The lowest BCUT2D eigenvalue weighted by Gasteiger charge is -2.22. The molecular formula is C19H14BrN3O4. The van der Waals surface area contributed by atoms with Gasteiger partial charge < -0.3 is 4.74 Å². The van der Waals surface area contributed by atoms with Crippen molar-refractivity contribution in [2.45, 2.75) is 6.04 Å². The van der Waals surface area contributed by atoms with E-state index in [1.165, 1.54) is 12.1 Å². The summed E-state index contributed by atoms with van der Waals surface area (Å²) in [5.74, 6) is -2.65. The Morgan fingerprint density at radius 3 is 2.30 bits per heavy atom. The lowest BCUT2D eigenvalue weighted by Crippen LogP contribution is -2.39. The van der Waals surface area contributed by atoms with Gasteiger partial charge in [-0.05, 0) is 36.4 Å². The van der Waals surface area contributed by atoms with Crippen molar-refractivity contribution in [2.24, 2.45) is 11.0 Å². The summed E-state index contributed by atoms with van der Waals surface area (Å²) in [6, 6.07) is 14.9. The second-order valence-corrected chi connectivity index (χ2v) is 6.98. The number of hydrogen-bond acceptors (Lipinski definition) is 6. The minimum Gasteiger partial charge on any atom is -0.464 e. The lowest BCUT2D eigenvalue weighted by molar-refractivity contribution is -0.133. The van der Waals surface area contributed by atoms with Crippen LogP contribution >= 0.6 is 15.9 Å². The van der Waals surface area contributed by atoms with E-state index in [1.54, 1.807) is 48.5 Å². The summed E-state index contributed by atoms with van der Waals surface area (Å²) in [6.07, 6.45) is 0. The molecule has 136 valence electrons. The monoisotopic (exact) mass is 427 g/mol. The number of anilines is 2. The number of fused-ring (bicyclic) bond motifs is 1. The van der Waals surface area contributed by atoms with Crippen LogP contribution in [0.3, 0.4) is 0 Å². The van der Waals surface area contributed by atoms with Gasteiger partial charge in [0, 0.05) is 4.47 Å². The van der Waals surface area contributed by atoms with Gasteiger partial charge in [-0.25, -0.2) is 9.69 Å². The molecule has 2 amide bonds. The minimum atomic E-state index is -1.01. The van der Waals surface area contributed by atoms with Crippen molar-refractivity contribution in [1.29, 1.82) is 0 Å². The van der Waals surface area contributed by atoms with E-state index < -0.39 is 29.7 Å². The van der Waals surface area contributed by atoms with Crippen LogP contribution < -0.4 is 9.91 Å². The van der Waals surface area contributed by atoms with Crippen LogP contribution in [0.25, 0.3) is 0 Å². The predicted molar refractivity (Wildman–Crippen MR) is 102 cm³/mol. The second kappa shape index (κ2) is 6.62. The Morgan fingerprint density at radius 2 is 1.67 bits per heavy atom. The molecule has 0 radical (unpaired) electrons. The van der Waals surface area contributed by atoms with Crippen molar-refractivity contribution >= 4 is 50.8 Å². The topological polar surface area (TPSA) is 79.3 Å². The number of nitrogens with zero attached hydrogens (tertiary/aromatic N) is 3. The second-order valence-electron chi connectivity index (χ2n) is 6.07. The zero-order valence-electron chi connectivity index (χ0n) is 14.2. The maximum absolute atomic E-state index is 13.1. The Balaban J connectivity index is 1.80. The summed E-state index contributed by atoms with van der Waals surface area (Å²) in [5, 5.41) is 5.68. The summed E-state index contributed by atoms with van der Waals surface area (Å²) >= 11 is 3.33. The Kier molecular flexibility index (Phi) is 4.27. The number of esters is 1. The molecule has 8 heteroatoms. The number of ether oxygens (including phenoxy) is 1. The Bertz CT molecular complexity index is 959. The standard InChI is InChI=1S/C19H14BrN3O4/c1-27-19(26)15-14-16(23(21-15)13-5-3-2-4-6-13)18(25)22(17(14)24)12-9-7-11(20)8-10-12/h2-10,14,16H,1H3/t14-,16-/m1/s1. The number of imide groups is 1. The zero-order valence-corrected chi connectivity index (χ0v) is 15.8. The van der Waals surface area contributed by atoms with Gasteiger partial charge >= 0.3 is 5.97 Å². The first-order chi connectivity index (χ1) is 13.0. The third-order valence-corrected chi connectivity index (χ3v) is 5.08. The molecule has 0 aliphatic carbocycles. The van der Waals surface area contributed by atoms with Crippen LogP contribution in [0.2, 0.25) is 0 Å². The van der Waals surface area contributed by atoms with Crippen LogP contribution in [-0.4, -0.2) is 36.6 Å². The molecule has 2 atom stereocenters.